The molecule has 0 unspecified atom stereocenters. The molecule has 2 aromatic heterocycles. The van der Waals surface area contributed by atoms with E-state index in [0.29, 0.717) is 5.69 Å². The van der Waals surface area contributed by atoms with E-state index in [1.54, 1.807) is 0 Å². The summed E-state index contributed by atoms with van der Waals surface area (Å²) in [5, 5.41) is 8.06. The number of pyridine rings is 1. The number of anilines is 1. The molecule has 3 aromatic rings. The van der Waals surface area contributed by atoms with Crippen LogP contribution < -0.4 is 4.90 Å². The Kier molecular flexibility index (Phi) is 4.09. The zero-order valence-electron chi connectivity index (χ0n) is 14.2. The SMILES string of the molecule is CN(C(=O)c1n[nH]c2ccccc12)[C@@H]1CCCN(c2ccccn2)C1. The van der Waals surface area contributed by atoms with Crippen molar-refractivity contribution in [1.29, 1.82) is 0 Å². The molecule has 1 N–H and O–H groups in total. The van der Waals surface area contributed by atoms with Crippen molar-refractivity contribution in [2.45, 2.75) is 18.9 Å². The van der Waals surface area contributed by atoms with Crippen molar-refractivity contribution in [1.82, 2.24) is 20.1 Å². The molecular formula is C19H21N5O. The highest BCUT2D eigenvalue weighted by atomic mass is 16.2. The van der Waals surface area contributed by atoms with Gasteiger partial charge in [0.25, 0.3) is 5.91 Å². The first-order valence-electron chi connectivity index (χ1n) is 8.60. The largest absolute Gasteiger partial charge is 0.355 e. The molecular weight excluding hydrogens is 314 g/mol. The van der Waals surface area contributed by atoms with Gasteiger partial charge in [0.1, 0.15) is 5.82 Å². The third-order valence-corrected chi connectivity index (χ3v) is 4.91. The molecule has 1 saturated heterocycles. The van der Waals surface area contributed by atoms with Crippen LogP contribution in [0, 0.1) is 0 Å². The number of aromatic nitrogens is 3. The number of aromatic amines is 1. The Labute approximate surface area is 146 Å². The molecule has 6 heteroatoms. The zero-order valence-corrected chi connectivity index (χ0v) is 14.2. The second kappa shape index (κ2) is 6.55. The number of piperidine rings is 1. The lowest BCUT2D eigenvalue weighted by Gasteiger charge is -2.38. The first-order chi connectivity index (χ1) is 12.2. The minimum atomic E-state index is -0.0367. The van der Waals surface area contributed by atoms with Crippen LogP contribution in [0.1, 0.15) is 23.3 Å². The summed E-state index contributed by atoms with van der Waals surface area (Å²) >= 11 is 0. The van der Waals surface area contributed by atoms with Crippen molar-refractivity contribution in [3.05, 3.63) is 54.4 Å². The quantitative estimate of drug-likeness (QED) is 0.799. The standard InChI is InChI=1S/C19H21N5O/c1-23(19(25)18-15-8-2-3-9-16(15)21-22-18)14-7-6-12-24(13-14)17-10-4-5-11-20-17/h2-5,8-11,14H,6-7,12-13H2,1H3,(H,21,22)/t14-/m1/s1. The first-order valence-corrected chi connectivity index (χ1v) is 8.60. The van der Waals surface area contributed by atoms with Gasteiger partial charge in [-0.15, -0.1) is 0 Å². The molecule has 1 fully saturated rings. The fourth-order valence-corrected chi connectivity index (χ4v) is 3.48. The average molecular weight is 335 g/mol. The number of benzene rings is 1. The monoisotopic (exact) mass is 335 g/mol. The molecule has 6 nitrogen and oxygen atoms in total. The third-order valence-electron chi connectivity index (χ3n) is 4.91. The number of rotatable bonds is 3. The number of carbonyl (C=O) groups is 1. The molecule has 1 aromatic carbocycles. The van der Waals surface area contributed by atoms with Crippen LogP contribution in [0.15, 0.2) is 48.7 Å². The lowest BCUT2D eigenvalue weighted by atomic mass is 10.0. The number of likely N-dealkylation sites (N-methyl/N-ethyl adjacent to an activating group) is 1. The molecule has 0 saturated carbocycles. The summed E-state index contributed by atoms with van der Waals surface area (Å²) in [6.45, 7) is 1.77. The van der Waals surface area contributed by atoms with E-state index in [4.69, 9.17) is 0 Å². The summed E-state index contributed by atoms with van der Waals surface area (Å²) in [6, 6.07) is 13.8. The highest BCUT2D eigenvalue weighted by Gasteiger charge is 2.29. The molecule has 1 atom stereocenters. The van der Waals surface area contributed by atoms with E-state index in [1.807, 2.05) is 60.6 Å². The van der Waals surface area contributed by atoms with Crippen molar-refractivity contribution in [2.24, 2.45) is 0 Å². The average Bonchev–Trinajstić information content (AvgIpc) is 3.12. The number of para-hydroxylation sites is 1. The van der Waals surface area contributed by atoms with Gasteiger partial charge in [0.2, 0.25) is 0 Å². The number of nitrogens with one attached hydrogen (secondary N) is 1. The molecule has 0 bridgehead atoms. The van der Waals surface area contributed by atoms with Gasteiger partial charge >= 0.3 is 0 Å². The Balaban J connectivity index is 1.53. The van der Waals surface area contributed by atoms with E-state index in [9.17, 15) is 4.79 Å². The molecule has 25 heavy (non-hydrogen) atoms. The van der Waals surface area contributed by atoms with Crippen LogP contribution in [0.5, 0.6) is 0 Å². The fourth-order valence-electron chi connectivity index (χ4n) is 3.48. The summed E-state index contributed by atoms with van der Waals surface area (Å²) in [5.74, 6) is 0.934. The number of fused-ring (bicyclic) bond motifs is 1. The van der Waals surface area contributed by atoms with Crippen molar-refractivity contribution in [3.63, 3.8) is 0 Å². The van der Waals surface area contributed by atoms with Gasteiger partial charge < -0.3 is 9.80 Å². The smallest absolute Gasteiger partial charge is 0.275 e. The second-order valence-electron chi connectivity index (χ2n) is 6.46. The van der Waals surface area contributed by atoms with E-state index in [0.717, 1.165) is 42.7 Å². The van der Waals surface area contributed by atoms with E-state index in [2.05, 4.69) is 20.1 Å². The Hall–Kier alpha value is -2.89. The number of hydrogen-bond donors (Lipinski definition) is 1. The summed E-state index contributed by atoms with van der Waals surface area (Å²) < 4.78 is 0. The molecule has 1 aliphatic rings. The van der Waals surface area contributed by atoms with Crippen LogP contribution in [0.2, 0.25) is 0 Å². The van der Waals surface area contributed by atoms with Crippen molar-refractivity contribution >= 4 is 22.6 Å². The van der Waals surface area contributed by atoms with E-state index in [1.165, 1.54) is 0 Å². The number of amides is 1. The highest BCUT2D eigenvalue weighted by molar-refractivity contribution is 6.04. The van der Waals surface area contributed by atoms with Gasteiger partial charge in [-0.2, -0.15) is 5.10 Å². The van der Waals surface area contributed by atoms with Crippen LogP contribution in [0.25, 0.3) is 10.9 Å². The summed E-state index contributed by atoms with van der Waals surface area (Å²) in [6.07, 6.45) is 3.85. The third kappa shape index (κ3) is 2.95. The van der Waals surface area contributed by atoms with Gasteiger partial charge in [-0.1, -0.05) is 24.3 Å². The predicted molar refractivity (Wildman–Crippen MR) is 97.7 cm³/mol. The molecule has 3 heterocycles. The molecule has 128 valence electrons. The highest BCUT2D eigenvalue weighted by Crippen LogP contribution is 2.23. The number of hydrogen-bond acceptors (Lipinski definition) is 4. The Bertz CT molecular complexity index is 876. The number of H-pyrrole nitrogens is 1. The minimum absolute atomic E-state index is 0.0367. The Morgan fingerprint density at radius 1 is 1.24 bits per heavy atom. The molecule has 0 spiro atoms. The van der Waals surface area contributed by atoms with Crippen LogP contribution in [-0.2, 0) is 0 Å². The van der Waals surface area contributed by atoms with Gasteiger partial charge in [-0.3, -0.25) is 9.89 Å². The van der Waals surface area contributed by atoms with Gasteiger partial charge in [0.05, 0.1) is 5.52 Å². The van der Waals surface area contributed by atoms with Crippen molar-refractivity contribution in [2.75, 3.05) is 25.0 Å². The fraction of sp³-hybridized carbons (Fsp3) is 0.316. The normalized spacial score (nSPS) is 17.6. The minimum Gasteiger partial charge on any atom is -0.355 e. The second-order valence-corrected chi connectivity index (χ2v) is 6.46. The lowest BCUT2D eigenvalue weighted by Crippen LogP contribution is -2.49. The Morgan fingerprint density at radius 3 is 2.92 bits per heavy atom. The molecule has 0 aliphatic carbocycles. The topological polar surface area (TPSA) is 65.1 Å². The van der Waals surface area contributed by atoms with Gasteiger partial charge in [0, 0.05) is 37.8 Å². The number of nitrogens with zero attached hydrogens (tertiary/aromatic N) is 4. The lowest BCUT2D eigenvalue weighted by molar-refractivity contribution is 0.0713. The predicted octanol–water partition coefficient (Wildman–Crippen LogP) is 2.70. The molecule has 1 amide bonds. The van der Waals surface area contributed by atoms with Crippen LogP contribution >= 0.6 is 0 Å². The maximum absolute atomic E-state index is 13.0. The van der Waals surface area contributed by atoms with E-state index >= 15 is 0 Å². The summed E-state index contributed by atoms with van der Waals surface area (Å²) in [5.41, 5.74) is 1.38. The van der Waals surface area contributed by atoms with Gasteiger partial charge in [0.15, 0.2) is 5.69 Å². The van der Waals surface area contributed by atoms with Gasteiger partial charge in [-0.05, 0) is 31.0 Å². The van der Waals surface area contributed by atoms with Crippen molar-refractivity contribution in [3.8, 4) is 0 Å². The van der Waals surface area contributed by atoms with Crippen LogP contribution in [0.3, 0.4) is 0 Å². The molecule has 0 radical (unpaired) electrons. The molecule has 4 rings (SSSR count). The summed E-state index contributed by atoms with van der Waals surface area (Å²) in [7, 11) is 1.87. The first kappa shape index (κ1) is 15.6. The van der Waals surface area contributed by atoms with Crippen LogP contribution in [-0.4, -0.2) is 52.2 Å². The Morgan fingerprint density at radius 2 is 2.08 bits per heavy atom. The van der Waals surface area contributed by atoms with Gasteiger partial charge in [-0.25, -0.2) is 4.98 Å². The van der Waals surface area contributed by atoms with Crippen molar-refractivity contribution < 1.29 is 4.79 Å². The van der Waals surface area contributed by atoms with Crippen LogP contribution in [0.4, 0.5) is 5.82 Å². The number of carbonyl (C=O) groups excluding carboxylic acids is 1. The zero-order chi connectivity index (χ0) is 17.2. The molecule has 1 aliphatic heterocycles. The summed E-state index contributed by atoms with van der Waals surface area (Å²) in [4.78, 5) is 21.5. The maximum Gasteiger partial charge on any atom is 0.275 e. The maximum atomic E-state index is 13.0. The van der Waals surface area contributed by atoms with E-state index in [-0.39, 0.29) is 11.9 Å². The van der Waals surface area contributed by atoms with E-state index < -0.39 is 0 Å².